The summed E-state index contributed by atoms with van der Waals surface area (Å²) < 4.78 is 78.6. The number of hydrogen-bond donors (Lipinski definition) is 0. The largest absolute Gasteiger partial charge is 0.246 e. The van der Waals surface area contributed by atoms with Crippen molar-refractivity contribution < 1.29 is 31.4 Å². The molecule has 0 aliphatic rings. The first kappa shape index (κ1) is 20.3. The van der Waals surface area contributed by atoms with Gasteiger partial charge in [0.25, 0.3) is 0 Å². The number of benzene rings is 2. The van der Waals surface area contributed by atoms with Crippen LogP contribution < -0.4 is 0 Å². The van der Waals surface area contributed by atoms with E-state index in [4.69, 9.17) is 0 Å². The molecule has 2 rings (SSSR count). The van der Waals surface area contributed by atoms with Crippen molar-refractivity contribution in [3.63, 3.8) is 0 Å². The van der Waals surface area contributed by atoms with E-state index in [1.807, 2.05) is 0 Å². The number of halogens is 6. The van der Waals surface area contributed by atoms with Crippen molar-refractivity contribution in [1.29, 1.82) is 0 Å². The van der Waals surface area contributed by atoms with E-state index in [9.17, 15) is 31.4 Å². The van der Waals surface area contributed by atoms with Crippen molar-refractivity contribution in [3.05, 3.63) is 68.8 Å². The predicted molar refractivity (Wildman–Crippen MR) is 84.3 cm³/mol. The zero-order valence-electron chi connectivity index (χ0n) is 13.8. The molecule has 0 aromatic heterocycles. The summed E-state index contributed by atoms with van der Waals surface area (Å²) in [5.74, 6) is 0. The van der Waals surface area contributed by atoms with Gasteiger partial charge in [0.1, 0.15) is 46.2 Å². The monoisotopic (exact) mass is 375 g/mol. The first-order chi connectivity index (χ1) is 12.5. The lowest BCUT2D eigenvalue weighted by molar-refractivity contribution is 0.124. The molecule has 2 aromatic rings. The molecule has 0 spiro atoms. The molecule has 2 aromatic carbocycles. The molecule has 0 saturated carbocycles. The summed E-state index contributed by atoms with van der Waals surface area (Å²) in [6.07, 6.45) is -1.71. The molecule has 0 heterocycles. The Labute approximate surface area is 147 Å². The molecule has 0 unspecified atom stereocenters. The third-order valence-corrected chi connectivity index (χ3v) is 4.36. The Bertz CT molecular complexity index is 648. The van der Waals surface area contributed by atoms with Crippen LogP contribution in [0.1, 0.15) is 50.6 Å². The third-order valence-electron chi connectivity index (χ3n) is 4.36. The zero-order valence-corrected chi connectivity index (χ0v) is 13.8. The molecule has 0 bridgehead atoms. The van der Waals surface area contributed by atoms with E-state index in [2.05, 4.69) is 0 Å². The highest BCUT2D eigenvalue weighted by atomic mass is 19.1. The summed E-state index contributed by atoms with van der Waals surface area (Å²) in [5.41, 5.74) is -0.966. The second kappa shape index (κ2) is 9.07. The maximum absolute atomic E-state index is 13.1. The molecule has 0 atom stereocenters. The average Bonchev–Trinajstić information content (AvgIpc) is 2.70. The minimum Gasteiger partial charge on any atom is -0.246 e. The molecule has 1 nitrogen and oxygen atoms in total. The Hall–Kier alpha value is -2.02. The molecule has 0 aliphatic carbocycles. The second-order valence-electron chi connectivity index (χ2n) is 5.82. The van der Waals surface area contributed by atoms with Crippen molar-refractivity contribution in [3.8, 4) is 0 Å². The molecule has 1 radical (unpaired) electrons. The van der Waals surface area contributed by atoms with E-state index in [1.54, 1.807) is 0 Å². The normalized spacial score (nSPS) is 11.4. The summed E-state index contributed by atoms with van der Waals surface area (Å²) >= 11 is 0. The van der Waals surface area contributed by atoms with Crippen LogP contribution in [0.15, 0.2) is 24.3 Å². The van der Waals surface area contributed by atoms with Crippen LogP contribution in [0.2, 0.25) is 0 Å². The van der Waals surface area contributed by atoms with E-state index in [0.29, 0.717) is 0 Å². The van der Waals surface area contributed by atoms with Gasteiger partial charge in [-0.3, -0.25) is 0 Å². The molecule has 0 aliphatic heterocycles. The van der Waals surface area contributed by atoms with Gasteiger partial charge >= 0.3 is 0 Å². The molecule has 7 heteroatoms. The molecule has 0 fully saturated rings. The summed E-state index contributed by atoms with van der Waals surface area (Å²) in [6.45, 7) is -6.49. The summed E-state index contributed by atoms with van der Waals surface area (Å²) in [7, 11) is 0. The van der Waals surface area contributed by atoms with E-state index in [1.165, 1.54) is 0 Å². The van der Waals surface area contributed by atoms with Gasteiger partial charge in [-0.15, -0.1) is 0 Å². The zero-order chi connectivity index (χ0) is 19.3. The van der Waals surface area contributed by atoms with Crippen LogP contribution in [0.25, 0.3) is 0 Å². The third kappa shape index (κ3) is 3.87. The molecule has 141 valence electrons. The highest BCUT2D eigenvalue weighted by molar-refractivity contribution is 5.45. The first-order valence-electron chi connectivity index (χ1n) is 7.85. The summed E-state index contributed by atoms with van der Waals surface area (Å²) in [4.78, 5) is 0. The molecular weight excluding hydrogens is 358 g/mol. The molecular formula is C19H17F6O. The topological polar surface area (TPSA) is 19.9 Å². The minimum absolute atomic E-state index is 0.0508. The highest BCUT2D eigenvalue weighted by Crippen LogP contribution is 2.32. The summed E-state index contributed by atoms with van der Waals surface area (Å²) in [6, 6.07) is 4.50. The van der Waals surface area contributed by atoms with E-state index in [0.717, 1.165) is 24.3 Å². The van der Waals surface area contributed by atoms with Gasteiger partial charge in [0.15, 0.2) is 0 Å². The highest BCUT2D eigenvalue weighted by Gasteiger charge is 2.21. The fourth-order valence-electron chi connectivity index (χ4n) is 2.96. The van der Waals surface area contributed by atoms with E-state index >= 15 is 0 Å². The molecule has 0 N–H and O–H groups in total. The van der Waals surface area contributed by atoms with Gasteiger partial charge < -0.3 is 0 Å². The van der Waals surface area contributed by atoms with Crippen molar-refractivity contribution >= 4 is 0 Å². The van der Waals surface area contributed by atoms with Gasteiger partial charge in [0.05, 0.1) is 0 Å². The quantitative estimate of drug-likeness (QED) is 0.503. The number of hydrogen-bond acceptors (Lipinski definition) is 0. The van der Waals surface area contributed by atoms with Crippen molar-refractivity contribution in [1.82, 2.24) is 0 Å². The van der Waals surface area contributed by atoms with E-state index in [-0.39, 0.29) is 44.5 Å². The minimum atomic E-state index is -1.71. The standard InChI is InChI=1S/C19H17F6O/c20-5-13-1-11(2-14(6-21)17(13)9-24)19(26)12-3-15(7-22)18(10-25)16(4-12)8-23/h1-4,19H,5-10H2. The van der Waals surface area contributed by atoms with Gasteiger partial charge in [0, 0.05) is 0 Å². The molecule has 26 heavy (non-hydrogen) atoms. The van der Waals surface area contributed by atoms with Crippen LogP contribution in [0, 0.1) is 0 Å². The van der Waals surface area contributed by atoms with Crippen molar-refractivity contribution in [2.75, 3.05) is 0 Å². The van der Waals surface area contributed by atoms with Crippen molar-refractivity contribution in [2.24, 2.45) is 0 Å². The molecule has 0 saturated heterocycles. The SMILES string of the molecule is [O]C(c1cc(CF)c(CF)c(CF)c1)c1cc(CF)c(CF)c(CF)c1. The maximum atomic E-state index is 13.1. The van der Waals surface area contributed by atoms with Crippen molar-refractivity contribution in [2.45, 2.75) is 46.2 Å². The Kier molecular flexibility index (Phi) is 7.08. The predicted octanol–water partition coefficient (Wildman–Crippen LogP) is 6.02. The van der Waals surface area contributed by atoms with Gasteiger partial charge in [-0.05, 0) is 68.8 Å². The summed E-state index contributed by atoms with van der Waals surface area (Å²) in [5, 5.41) is 12.7. The lowest BCUT2D eigenvalue weighted by Crippen LogP contribution is -2.07. The number of rotatable bonds is 8. The lowest BCUT2D eigenvalue weighted by Gasteiger charge is -2.17. The van der Waals surface area contributed by atoms with Gasteiger partial charge in [0.2, 0.25) is 0 Å². The van der Waals surface area contributed by atoms with Crippen LogP contribution in [0.5, 0.6) is 0 Å². The van der Waals surface area contributed by atoms with Crippen LogP contribution in [-0.2, 0) is 45.2 Å². The second-order valence-corrected chi connectivity index (χ2v) is 5.82. The Balaban J connectivity index is 2.57. The Morgan fingerprint density at radius 1 is 0.538 bits per heavy atom. The first-order valence-corrected chi connectivity index (χ1v) is 7.85. The van der Waals surface area contributed by atoms with Crippen LogP contribution in [0.4, 0.5) is 26.3 Å². The average molecular weight is 375 g/mol. The Morgan fingerprint density at radius 3 is 1.00 bits per heavy atom. The smallest absolute Gasteiger partial charge is 0.143 e. The molecule has 0 amide bonds. The maximum Gasteiger partial charge on any atom is 0.143 e. The Morgan fingerprint density at radius 2 is 0.808 bits per heavy atom. The van der Waals surface area contributed by atoms with Gasteiger partial charge in [-0.25, -0.2) is 31.4 Å². The fraction of sp³-hybridized carbons (Fsp3) is 0.368. The van der Waals surface area contributed by atoms with Crippen LogP contribution in [-0.4, -0.2) is 0 Å². The van der Waals surface area contributed by atoms with Crippen LogP contribution >= 0.6 is 0 Å². The van der Waals surface area contributed by atoms with E-state index < -0.39 is 46.2 Å². The van der Waals surface area contributed by atoms with Crippen LogP contribution in [0.3, 0.4) is 0 Å². The number of alkyl halides is 6. The van der Waals surface area contributed by atoms with Gasteiger partial charge in [-0.1, -0.05) is 0 Å². The fourth-order valence-corrected chi connectivity index (χ4v) is 2.96. The lowest BCUT2D eigenvalue weighted by atomic mass is 9.91. The van der Waals surface area contributed by atoms with Gasteiger partial charge in [-0.2, -0.15) is 0 Å².